The van der Waals surface area contributed by atoms with Crippen molar-refractivity contribution in [3.8, 4) is 11.5 Å². The van der Waals surface area contributed by atoms with Crippen molar-refractivity contribution in [3.05, 3.63) is 58.8 Å². The molecular formula is C20H23N3O3S2. The lowest BCUT2D eigenvalue weighted by Gasteiger charge is -2.33. The van der Waals surface area contributed by atoms with Crippen LogP contribution in [0.4, 0.5) is 0 Å². The van der Waals surface area contributed by atoms with E-state index in [1.807, 2.05) is 38.1 Å². The summed E-state index contributed by atoms with van der Waals surface area (Å²) < 4.78 is 33.2. The summed E-state index contributed by atoms with van der Waals surface area (Å²) in [6.07, 6.45) is 0. The highest BCUT2D eigenvalue weighted by atomic mass is 32.2. The maximum absolute atomic E-state index is 12.7. The van der Waals surface area contributed by atoms with Crippen LogP contribution in [0.2, 0.25) is 0 Å². The van der Waals surface area contributed by atoms with Gasteiger partial charge in [-0.25, -0.2) is 13.4 Å². The van der Waals surface area contributed by atoms with Crippen LogP contribution in [-0.4, -0.2) is 48.8 Å². The number of hydrogen-bond acceptors (Lipinski definition) is 6. The van der Waals surface area contributed by atoms with E-state index < -0.39 is 10.0 Å². The van der Waals surface area contributed by atoms with Crippen LogP contribution in [0.1, 0.15) is 17.0 Å². The minimum atomic E-state index is -3.37. The van der Waals surface area contributed by atoms with Crippen LogP contribution in [0.5, 0.6) is 0 Å². The van der Waals surface area contributed by atoms with E-state index in [9.17, 15) is 8.42 Å². The zero-order valence-electron chi connectivity index (χ0n) is 16.0. The number of piperazine rings is 1. The van der Waals surface area contributed by atoms with E-state index in [4.69, 9.17) is 9.40 Å². The summed E-state index contributed by atoms with van der Waals surface area (Å²) in [5, 5.41) is 1.79. The fourth-order valence-corrected chi connectivity index (χ4v) is 5.95. The maximum atomic E-state index is 12.7. The van der Waals surface area contributed by atoms with Gasteiger partial charge in [0.25, 0.3) is 10.0 Å². The van der Waals surface area contributed by atoms with Gasteiger partial charge in [-0.1, -0.05) is 24.3 Å². The summed E-state index contributed by atoms with van der Waals surface area (Å²) in [4.78, 5) is 6.93. The highest BCUT2D eigenvalue weighted by Gasteiger charge is 2.29. The predicted molar refractivity (Wildman–Crippen MR) is 110 cm³/mol. The first kappa shape index (κ1) is 19.3. The Morgan fingerprint density at radius 3 is 2.50 bits per heavy atom. The second-order valence-corrected chi connectivity index (χ2v) is 10.1. The van der Waals surface area contributed by atoms with Gasteiger partial charge in [0.15, 0.2) is 0 Å². The zero-order valence-corrected chi connectivity index (χ0v) is 17.6. The first-order chi connectivity index (χ1) is 13.4. The average Bonchev–Trinajstić information content (AvgIpc) is 3.34. The number of benzene rings is 1. The number of hydrogen-bond donors (Lipinski definition) is 0. The molecule has 28 heavy (non-hydrogen) atoms. The van der Waals surface area contributed by atoms with Gasteiger partial charge in [0.05, 0.1) is 5.69 Å². The van der Waals surface area contributed by atoms with Gasteiger partial charge in [-0.05, 0) is 36.9 Å². The van der Waals surface area contributed by atoms with Gasteiger partial charge >= 0.3 is 0 Å². The molecule has 1 saturated heterocycles. The van der Waals surface area contributed by atoms with E-state index in [1.54, 1.807) is 21.8 Å². The maximum Gasteiger partial charge on any atom is 0.252 e. The van der Waals surface area contributed by atoms with Crippen molar-refractivity contribution in [2.75, 3.05) is 26.2 Å². The zero-order chi connectivity index (χ0) is 19.7. The monoisotopic (exact) mass is 417 g/mol. The highest BCUT2D eigenvalue weighted by Crippen LogP contribution is 2.26. The van der Waals surface area contributed by atoms with Crippen molar-refractivity contribution < 1.29 is 12.8 Å². The molecule has 1 fully saturated rings. The quantitative estimate of drug-likeness (QED) is 0.635. The Kier molecular flexibility index (Phi) is 5.37. The molecular weight excluding hydrogens is 394 g/mol. The summed E-state index contributed by atoms with van der Waals surface area (Å²) >= 11 is 1.27. The van der Waals surface area contributed by atoms with E-state index >= 15 is 0 Å². The molecule has 0 unspecified atom stereocenters. The molecule has 0 bridgehead atoms. The lowest BCUT2D eigenvalue weighted by atomic mass is 10.1. The molecule has 0 radical (unpaired) electrons. The average molecular weight is 418 g/mol. The fraction of sp³-hybridized carbons (Fsp3) is 0.350. The van der Waals surface area contributed by atoms with Crippen LogP contribution in [-0.2, 0) is 16.6 Å². The SMILES string of the molecule is Cc1ccccc1-c1nc(CN2CCN(S(=O)(=O)c3cccs3)CC2)c(C)o1. The smallest absolute Gasteiger partial charge is 0.252 e. The van der Waals surface area contributed by atoms with Gasteiger partial charge in [-0.3, -0.25) is 4.90 Å². The Labute approximate surface area is 169 Å². The molecule has 4 rings (SSSR count). The summed E-state index contributed by atoms with van der Waals surface area (Å²) in [6.45, 7) is 6.97. The van der Waals surface area contributed by atoms with Gasteiger partial charge < -0.3 is 4.42 Å². The molecule has 3 heterocycles. The molecule has 0 atom stereocenters. The van der Waals surface area contributed by atoms with Crippen molar-refractivity contribution in [1.82, 2.24) is 14.2 Å². The van der Waals surface area contributed by atoms with Crippen molar-refractivity contribution in [2.45, 2.75) is 24.6 Å². The van der Waals surface area contributed by atoms with Crippen LogP contribution >= 0.6 is 11.3 Å². The lowest BCUT2D eigenvalue weighted by Crippen LogP contribution is -2.48. The summed E-state index contributed by atoms with van der Waals surface area (Å²) in [6, 6.07) is 11.5. The minimum absolute atomic E-state index is 0.413. The van der Waals surface area contributed by atoms with E-state index in [1.165, 1.54) is 11.3 Å². The molecule has 0 aliphatic carbocycles. The van der Waals surface area contributed by atoms with Gasteiger partial charge in [-0.2, -0.15) is 4.31 Å². The number of aryl methyl sites for hydroxylation is 2. The Morgan fingerprint density at radius 1 is 1.07 bits per heavy atom. The van der Waals surface area contributed by atoms with E-state index in [-0.39, 0.29) is 0 Å². The molecule has 1 aromatic carbocycles. The third-order valence-corrected chi connectivity index (χ3v) is 8.33. The number of oxazole rings is 1. The molecule has 1 aliphatic heterocycles. The van der Waals surface area contributed by atoms with E-state index in [0.717, 1.165) is 22.6 Å². The molecule has 0 spiro atoms. The van der Waals surface area contributed by atoms with E-state index in [0.29, 0.717) is 42.8 Å². The van der Waals surface area contributed by atoms with Gasteiger partial charge in [0.1, 0.15) is 9.97 Å². The first-order valence-corrected chi connectivity index (χ1v) is 11.6. The topological polar surface area (TPSA) is 66.7 Å². The number of sulfonamides is 1. The van der Waals surface area contributed by atoms with Crippen molar-refractivity contribution in [3.63, 3.8) is 0 Å². The highest BCUT2D eigenvalue weighted by molar-refractivity contribution is 7.91. The van der Waals surface area contributed by atoms with Crippen molar-refractivity contribution in [2.24, 2.45) is 0 Å². The molecule has 3 aromatic rings. The summed E-state index contributed by atoms with van der Waals surface area (Å²) in [5.74, 6) is 1.45. The third-order valence-electron chi connectivity index (χ3n) is 5.06. The normalized spacial score (nSPS) is 16.5. The molecule has 6 nitrogen and oxygen atoms in total. The second-order valence-electron chi connectivity index (χ2n) is 6.95. The molecule has 0 amide bonds. The van der Waals surface area contributed by atoms with Crippen LogP contribution in [0.15, 0.2) is 50.4 Å². The Balaban J connectivity index is 1.43. The van der Waals surface area contributed by atoms with Crippen molar-refractivity contribution >= 4 is 21.4 Å². The standard InChI is InChI=1S/C20H23N3O3S2/c1-15-6-3-4-7-17(15)20-21-18(16(2)26-20)14-22-9-11-23(12-10-22)28(24,25)19-8-5-13-27-19/h3-8,13H,9-12,14H2,1-2H3. The first-order valence-electron chi connectivity index (χ1n) is 9.23. The number of nitrogens with zero attached hydrogens (tertiary/aromatic N) is 3. The number of thiophene rings is 1. The third kappa shape index (κ3) is 3.77. The predicted octanol–water partition coefficient (Wildman–Crippen LogP) is 3.53. The number of aromatic nitrogens is 1. The molecule has 0 N–H and O–H groups in total. The van der Waals surface area contributed by atoms with Crippen LogP contribution in [0.3, 0.4) is 0 Å². The van der Waals surface area contributed by atoms with Crippen molar-refractivity contribution in [1.29, 1.82) is 0 Å². The van der Waals surface area contributed by atoms with Crippen LogP contribution < -0.4 is 0 Å². The Morgan fingerprint density at radius 2 is 1.82 bits per heavy atom. The minimum Gasteiger partial charge on any atom is -0.441 e. The van der Waals surface area contributed by atoms with Gasteiger partial charge in [0, 0.05) is 38.3 Å². The van der Waals surface area contributed by atoms with Crippen LogP contribution in [0, 0.1) is 13.8 Å². The van der Waals surface area contributed by atoms with Gasteiger partial charge in [-0.15, -0.1) is 11.3 Å². The Bertz CT molecular complexity index is 1050. The largest absolute Gasteiger partial charge is 0.441 e. The fourth-order valence-electron chi connectivity index (χ4n) is 3.38. The summed E-state index contributed by atoms with van der Waals surface area (Å²) in [7, 11) is -3.37. The second kappa shape index (κ2) is 7.79. The summed E-state index contributed by atoms with van der Waals surface area (Å²) in [5.41, 5.74) is 3.04. The van der Waals surface area contributed by atoms with Gasteiger partial charge in [0.2, 0.25) is 5.89 Å². The van der Waals surface area contributed by atoms with Crippen LogP contribution in [0.25, 0.3) is 11.5 Å². The molecule has 1 aliphatic rings. The molecule has 2 aromatic heterocycles. The number of rotatable bonds is 5. The molecule has 148 valence electrons. The van der Waals surface area contributed by atoms with E-state index in [2.05, 4.69) is 4.90 Å². The lowest BCUT2D eigenvalue weighted by molar-refractivity contribution is 0.179. The Hall–Kier alpha value is -2.00. The molecule has 0 saturated carbocycles. The molecule has 8 heteroatoms.